The number of nitrogens with one attached hydrogen (secondary N) is 1. The molecule has 2 aromatic rings. The number of carbonyl (C=O) groups is 1. The molecule has 1 N–H and O–H groups in total. The van der Waals surface area contributed by atoms with E-state index in [0.29, 0.717) is 13.2 Å². The number of rotatable bonds is 4. The van der Waals surface area contributed by atoms with Gasteiger partial charge in [-0.15, -0.1) is 0 Å². The minimum absolute atomic E-state index is 0.108. The summed E-state index contributed by atoms with van der Waals surface area (Å²) in [7, 11) is 0. The van der Waals surface area contributed by atoms with Crippen molar-refractivity contribution < 1.29 is 23.0 Å². The lowest BCUT2D eigenvalue weighted by Gasteiger charge is -2.26. The Bertz CT molecular complexity index is 859. The summed E-state index contributed by atoms with van der Waals surface area (Å²) in [4.78, 5) is 14.4. The Hall–Kier alpha value is -2.67. The molecule has 1 atom stereocenters. The molecule has 2 aliphatic heterocycles. The fourth-order valence-electron chi connectivity index (χ4n) is 3.62. The molecule has 2 heterocycles. The van der Waals surface area contributed by atoms with Gasteiger partial charge in [-0.1, -0.05) is 6.07 Å². The fourth-order valence-corrected chi connectivity index (χ4v) is 3.62. The molecule has 5 nitrogen and oxygen atoms in total. The maximum Gasteiger partial charge on any atom is 0.238 e. The number of hydrogen-bond acceptors (Lipinski definition) is 4. The van der Waals surface area contributed by atoms with E-state index in [2.05, 4.69) is 10.2 Å². The molecule has 0 bridgehead atoms. The molecule has 4 rings (SSSR count). The number of hydrogen-bond donors (Lipinski definition) is 1. The van der Waals surface area contributed by atoms with E-state index in [0.717, 1.165) is 48.6 Å². The van der Waals surface area contributed by atoms with Crippen LogP contribution in [0.1, 0.15) is 24.4 Å². The summed E-state index contributed by atoms with van der Waals surface area (Å²) in [6.45, 7) is 2.05. The van der Waals surface area contributed by atoms with Crippen LogP contribution in [-0.4, -0.2) is 37.1 Å². The van der Waals surface area contributed by atoms with Crippen LogP contribution in [0.5, 0.6) is 11.5 Å². The lowest BCUT2D eigenvalue weighted by Crippen LogP contribution is -2.33. The number of anilines is 1. The Kier molecular flexibility index (Phi) is 4.94. The van der Waals surface area contributed by atoms with Gasteiger partial charge in [0.05, 0.1) is 6.54 Å². The summed E-state index contributed by atoms with van der Waals surface area (Å²) in [5, 5.41) is 2.63. The van der Waals surface area contributed by atoms with E-state index >= 15 is 0 Å². The van der Waals surface area contributed by atoms with Crippen molar-refractivity contribution in [3.63, 3.8) is 0 Å². The van der Waals surface area contributed by atoms with Crippen LogP contribution in [0, 0.1) is 11.6 Å². The van der Waals surface area contributed by atoms with Crippen LogP contribution in [0.4, 0.5) is 14.5 Å². The third-order valence-corrected chi connectivity index (χ3v) is 4.86. The molecule has 7 heteroatoms. The van der Waals surface area contributed by atoms with Crippen molar-refractivity contribution in [1.82, 2.24) is 4.90 Å². The van der Waals surface area contributed by atoms with Crippen molar-refractivity contribution in [2.24, 2.45) is 0 Å². The highest BCUT2D eigenvalue weighted by atomic mass is 19.2. The van der Waals surface area contributed by atoms with Gasteiger partial charge in [0.1, 0.15) is 13.2 Å². The molecule has 1 saturated heterocycles. The average Bonchev–Trinajstić information content (AvgIpc) is 3.12. The molecule has 0 aromatic heterocycles. The molecule has 0 aliphatic carbocycles. The van der Waals surface area contributed by atoms with Crippen molar-refractivity contribution in [2.45, 2.75) is 18.9 Å². The summed E-state index contributed by atoms with van der Waals surface area (Å²) in [6, 6.07) is 9.32. The number of benzene rings is 2. The van der Waals surface area contributed by atoms with Gasteiger partial charge in [0.2, 0.25) is 5.91 Å². The van der Waals surface area contributed by atoms with Gasteiger partial charge in [-0.2, -0.15) is 0 Å². The Balaban J connectivity index is 1.43. The standard InChI is InChI=1S/C20H20F2N2O3/c21-15-5-4-14(11-16(15)22)23-20(25)12-24-7-1-2-17(24)13-3-6-18-19(10-13)27-9-8-26-18/h3-6,10-11,17H,1-2,7-9,12H2,(H,23,25)/t17-/m1/s1. The molecule has 2 aromatic carbocycles. The van der Waals surface area contributed by atoms with Crippen LogP contribution in [0.3, 0.4) is 0 Å². The van der Waals surface area contributed by atoms with Crippen LogP contribution < -0.4 is 14.8 Å². The minimum atomic E-state index is -0.983. The first kappa shape index (κ1) is 17.7. The molecule has 1 fully saturated rings. The SMILES string of the molecule is O=C(CN1CCC[C@@H]1c1ccc2c(c1)OCCO2)Nc1ccc(F)c(F)c1. The number of fused-ring (bicyclic) bond motifs is 1. The Labute approximate surface area is 155 Å². The molecule has 2 aliphatic rings. The number of likely N-dealkylation sites (tertiary alicyclic amines) is 1. The van der Waals surface area contributed by atoms with E-state index in [1.165, 1.54) is 6.07 Å². The zero-order valence-electron chi connectivity index (χ0n) is 14.7. The second-order valence-electron chi connectivity index (χ2n) is 6.71. The van der Waals surface area contributed by atoms with Gasteiger partial charge in [0, 0.05) is 17.8 Å². The highest BCUT2D eigenvalue weighted by molar-refractivity contribution is 5.92. The summed E-state index contributed by atoms with van der Waals surface area (Å²) in [5.74, 6) is -0.706. The third-order valence-electron chi connectivity index (χ3n) is 4.86. The first-order chi connectivity index (χ1) is 13.1. The smallest absolute Gasteiger partial charge is 0.238 e. The van der Waals surface area contributed by atoms with Crippen molar-refractivity contribution >= 4 is 11.6 Å². The predicted octanol–water partition coefficient (Wildman–Crippen LogP) is 3.51. The van der Waals surface area contributed by atoms with E-state index in [9.17, 15) is 13.6 Å². The van der Waals surface area contributed by atoms with Crippen molar-refractivity contribution in [1.29, 1.82) is 0 Å². The van der Waals surface area contributed by atoms with Gasteiger partial charge in [-0.25, -0.2) is 8.78 Å². The summed E-state index contributed by atoms with van der Waals surface area (Å²) in [6.07, 6.45) is 1.93. The van der Waals surface area contributed by atoms with Gasteiger partial charge in [0.15, 0.2) is 23.1 Å². The first-order valence-corrected chi connectivity index (χ1v) is 8.98. The lowest BCUT2D eigenvalue weighted by molar-refractivity contribution is -0.117. The van der Waals surface area contributed by atoms with Gasteiger partial charge in [0.25, 0.3) is 0 Å². The van der Waals surface area contributed by atoms with Crippen LogP contribution in [0.25, 0.3) is 0 Å². The van der Waals surface area contributed by atoms with Gasteiger partial charge >= 0.3 is 0 Å². The highest BCUT2D eigenvalue weighted by Crippen LogP contribution is 2.37. The number of ether oxygens (including phenoxy) is 2. The van der Waals surface area contributed by atoms with E-state index in [1.807, 2.05) is 18.2 Å². The van der Waals surface area contributed by atoms with Crippen molar-refractivity contribution in [2.75, 3.05) is 31.6 Å². The lowest BCUT2D eigenvalue weighted by atomic mass is 10.0. The van der Waals surface area contributed by atoms with Gasteiger partial charge < -0.3 is 14.8 Å². The molecular formula is C20H20F2N2O3. The second-order valence-corrected chi connectivity index (χ2v) is 6.71. The van der Waals surface area contributed by atoms with E-state index < -0.39 is 11.6 Å². The molecule has 27 heavy (non-hydrogen) atoms. The van der Waals surface area contributed by atoms with Crippen molar-refractivity contribution in [3.05, 3.63) is 53.6 Å². The number of halogens is 2. The summed E-state index contributed by atoms with van der Waals surface area (Å²) in [5.41, 5.74) is 1.33. The molecule has 0 saturated carbocycles. The predicted molar refractivity (Wildman–Crippen MR) is 96.0 cm³/mol. The number of carbonyl (C=O) groups excluding carboxylic acids is 1. The molecule has 0 spiro atoms. The topological polar surface area (TPSA) is 50.8 Å². The maximum absolute atomic E-state index is 13.3. The quantitative estimate of drug-likeness (QED) is 0.890. The molecule has 0 radical (unpaired) electrons. The van der Waals surface area contributed by atoms with E-state index in [4.69, 9.17) is 9.47 Å². The summed E-state index contributed by atoms with van der Waals surface area (Å²) >= 11 is 0. The van der Waals surface area contributed by atoms with Crippen LogP contribution in [-0.2, 0) is 4.79 Å². The average molecular weight is 374 g/mol. The van der Waals surface area contributed by atoms with Gasteiger partial charge in [-0.05, 0) is 49.2 Å². The van der Waals surface area contributed by atoms with E-state index in [-0.39, 0.29) is 24.2 Å². The highest BCUT2D eigenvalue weighted by Gasteiger charge is 2.28. The molecule has 0 unspecified atom stereocenters. The maximum atomic E-state index is 13.3. The minimum Gasteiger partial charge on any atom is -0.486 e. The van der Waals surface area contributed by atoms with Crippen LogP contribution >= 0.6 is 0 Å². The molecule has 142 valence electrons. The third kappa shape index (κ3) is 3.88. The first-order valence-electron chi connectivity index (χ1n) is 8.98. The molecule has 1 amide bonds. The van der Waals surface area contributed by atoms with Crippen molar-refractivity contribution in [3.8, 4) is 11.5 Å². The zero-order valence-corrected chi connectivity index (χ0v) is 14.7. The van der Waals surface area contributed by atoms with Crippen LogP contribution in [0.2, 0.25) is 0 Å². The normalized spacial score (nSPS) is 19.1. The number of amides is 1. The summed E-state index contributed by atoms with van der Waals surface area (Å²) < 4.78 is 37.5. The second kappa shape index (κ2) is 7.52. The Morgan fingerprint density at radius 1 is 1.07 bits per heavy atom. The zero-order chi connectivity index (χ0) is 18.8. The van der Waals surface area contributed by atoms with E-state index in [1.54, 1.807) is 0 Å². The van der Waals surface area contributed by atoms with Crippen LogP contribution in [0.15, 0.2) is 36.4 Å². The monoisotopic (exact) mass is 374 g/mol. The van der Waals surface area contributed by atoms with Gasteiger partial charge in [-0.3, -0.25) is 9.69 Å². The Morgan fingerprint density at radius 2 is 1.89 bits per heavy atom. The molecular weight excluding hydrogens is 354 g/mol. The Morgan fingerprint density at radius 3 is 2.70 bits per heavy atom. The number of nitrogens with zero attached hydrogens (tertiary/aromatic N) is 1. The largest absolute Gasteiger partial charge is 0.486 e. The fraction of sp³-hybridized carbons (Fsp3) is 0.350.